The van der Waals surface area contributed by atoms with E-state index in [9.17, 15) is 4.79 Å². The first-order valence-electron chi connectivity index (χ1n) is 7.87. The molecule has 0 fully saturated rings. The maximum Gasteiger partial charge on any atom is 0.216 e. The fourth-order valence-electron chi connectivity index (χ4n) is 1.77. The molecule has 1 heterocycles. The van der Waals surface area contributed by atoms with Gasteiger partial charge in [-0.15, -0.1) is 24.0 Å². The molecule has 7 heteroatoms. The van der Waals surface area contributed by atoms with Crippen molar-refractivity contribution in [1.82, 2.24) is 16.0 Å². The second-order valence-electron chi connectivity index (χ2n) is 5.60. The van der Waals surface area contributed by atoms with Crippen LogP contribution in [0.5, 0.6) is 0 Å². The summed E-state index contributed by atoms with van der Waals surface area (Å²) in [4.78, 5) is 15.3. The number of hydrogen-bond acceptors (Lipinski definition) is 3. The van der Waals surface area contributed by atoms with Crippen molar-refractivity contribution in [3.63, 3.8) is 0 Å². The Morgan fingerprint density at radius 1 is 1.22 bits per heavy atom. The number of carbonyl (C=O) groups is 1. The third kappa shape index (κ3) is 11.9. The second kappa shape index (κ2) is 13.2. The number of amides is 1. The predicted molar refractivity (Wildman–Crippen MR) is 104 cm³/mol. The molecule has 0 saturated carbocycles. The highest BCUT2D eigenvalue weighted by Gasteiger charge is 2.01. The van der Waals surface area contributed by atoms with E-state index in [1.807, 2.05) is 12.1 Å². The van der Waals surface area contributed by atoms with Gasteiger partial charge in [0, 0.05) is 39.5 Å². The molecule has 3 N–H and O–H groups in total. The van der Waals surface area contributed by atoms with Crippen LogP contribution in [0.3, 0.4) is 0 Å². The molecule has 132 valence electrons. The smallest absolute Gasteiger partial charge is 0.216 e. The Hall–Kier alpha value is -1.25. The molecule has 0 radical (unpaired) electrons. The van der Waals surface area contributed by atoms with Crippen molar-refractivity contribution in [2.24, 2.45) is 10.9 Å². The largest absolute Gasteiger partial charge is 0.469 e. The van der Waals surface area contributed by atoms with Crippen LogP contribution in [0, 0.1) is 5.92 Å². The summed E-state index contributed by atoms with van der Waals surface area (Å²) in [7, 11) is 0. The molecule has 0 aromatic carbocycles. The molecule has 0 aliphatic rings. The van der Waals surface area contributed by atoms with Gasteiger partial charge in [-0.3, -0.25) is 9.79 Å². The zero-order valence-corrected chi connectivity index (χ0v) is 16.6. The Morgan fingerprint density at radius 3 is 2.52 bits per heavy atom. The summed E-state index contributed by atoms with van der Waals surface area (Å²) in [6.07, 6.45) is 3.37. The van der Waals surface area contributed by atoms with Gasteiger partial charge >= 0.3 is 0 Å². The summed E-state index contributed by atoms with van der Waals surface area (Å²) in [5.74, 6) is 2.29. The van der Waals surface area contributed by atoms with Crippen molar-refractivity contribution in [3.8, 4) is 0 Å². The minimum Gasteiger partial charge on any atom is -0.469 e. The quantitative estimate of drug-likeness (QED) is 0.240. The molecule has 1 aromatic heterocycles. The van der Waals surface area contributed by atoms with Crippen LogP contribution in [0.1, 0.15) is 33.0 Å². The van der Waals surface area contributed by atoms with Gasteiger partial charge in [-0.25, -0.2) is 0 Å². The number of halogens is 1. The van der Waals surface area contributed by atoms with Crippen LogP contribution < -0.4 is 16.0 Å². The van der Waals surface area contributed by atoms with E-state index in [1.165, 1.54) is 6.92 Å². The van der Waals surface area contributed by atoms with Gasteiger partial charge in [-0.2, -0.15) is 0 Å². The lowest BCUT2D eigenvalue weighted by Crippen LogP contribution is -2.40. The Bertz CT molecular complexity index is 447. The van der Waals surface area contributed by atoms with E-state index in [4.69, 9.17) is 4.42 Å². The normalized spacial score (nSPS) is 11.0. The molecule has 1 rings (SSSR count). The highest BCUT2D eigenvalue weighted by Crippen LogP contribution is 1.99. The number of nitrogens with one attached hydrogen (secondary N) is 3. The standard InChI is InChI=1S/C16H28N4O2.HI/c1-13(2)12-20-16(18-9-5-8-17-14(3)21)19-10-7-15-6-4-11-22-15;/h4,6,11,13H,5,7-10,12H2,1-3H3,(H,17,21)(H2,18,19,20);1H. The van der Waals surface area contributed by atoms with Crippen LogP contribution in [0.4, 0.5) is 0 Å². The zero-order chi connectivity index (χ0) is 16.2. The van der Waals surface area contributed by atoms with Gasteiger partial charge in [0.15, 0.2) is 5.96 Å². The summed E-state index contributed by atoms with van der Waals surface area (Å²) in [6.45, 7) is 8.79. The maximum atomic E-state index is 10.8. The molecule has 0 bridgehead atoms. The van der Waals surface area contributed by atoms with Crippen molar-refractivity contribution >= 4 is 35.8 Å². The van der Waals surface area contributed by atoms with Crippen LogP contribution >= 0.6 is 24.0 Å². The van der Waals surface area contributed by atoms with Crippen LogP contribution in [0.15, 0.2) is 27.8 Å². The molecule has 23 heavy (non-hydrogen) atoms. The van der Waals surface area contributed by atoms with Crippen molar-refractivity contribution < 1.29 is 9.21 Å². The first-order chi connectivity index (χ1) is 10.6. The minimum atomic E-state index is 0. The average molecular weight is 436 g/mol. The summed E-state index contributed by atoms with van der Waals surface area (Å²) >= 11 is 0. The van der Waals surface area contributed by atoms with Gasteiger partial charge in [0.25, 0.3) is 0 Å². The van der Waals surface area contributed by atoms with Crippen molar-refractivity contribution in [2.75, 3.05) is 26.2 Å². The van der Waals surface area contributed by atoms with Crippen LogP contribution in [0.2, 0.25) is 0 Å². The minimum absolute atomic E-state index is 0. The van der Waals surface area contributed by atoms with Gasteiger partial charge in [0.1, 0.15) is 5.76 Å². The summed E-state index contributed by atoms with van der Waals surface area (Å²) in [6, 6.07) is 3.86. The fourth-order valence-corrected chi connectivity index (χ4v) is 1.77. The lowest BCUT2D eigenvalue weighted by Gasteiger charge is -2.13. The Labute approximate surface area is 155 Å². The van der Waals surface area contributed by atoms with Crippen LogP contribution in [-0.4, -0.2) is 38.0 Å². The molecule has 0 unspecified atom stereocenters. The maximum absolute atomic E-state index is 10.8. The molecule has 0 atom stereocenters. The molecule has 0 aliphatic carbocycles. The Balaban J connectivity index is 0.00000484. The van der Waals surface area contributed by atoms with E-state index in [1.54, 1.807) is 6.26 Å². The Morgan fingerprint density at radius 2 is 1.91 bits per heavy atom. The predicted octanol–water partition coefficient (Wildman–Crippen LogP) is 2.16. The van der Waals surface area contributed by atoms with E-state index in [0.29, 0.717) is 12.5 Å². The number of rotatable bonds is 9. The molecule has 6 nitrogen and oxygen atoms in total. The summed E-state index contributed by atoms with van der Waals surface area (Å²) in [5.41, 5.74) is 0. The zero-order valence-electron chi connectivity index (χ0n) is 14.2. The number of guanidine groups is 1. The fraction of sp³-hybridized carbons (Fsp3) is 0.625. The number of furan rings is 1. The highest BCUT2D eigenvalue weighted by atomic mass is 127. The number of nitrogens with zero attached hydrogens (tertiary/aromatic N) is 1. The van der Waals surface area contributed by atoms with Crippen molar-refractivity contribution in [1.29, 1.82) is 0 Å². The Kier molecular flexibility index (Phi) is 12.5. The van der Waals surface area contributed by atoms with Gasteiger partial charge in [0.05, 0.1) is 6.26 Å². The van der Waals surface area contributed by atoms with Gasteiger partial charge < -0.3 is 20.4 Å². The topological polar surface area (TPSA) is 78.7 Å². The number of aliphatic imine (C=N–C) groups is 1. The first-order valence-corrected chi connectivity index (χ1v) is 7.87. The van der Waals surface area contributed by atoms with E-state index in [0.717, 1.165) is 44.2 Å². The van der Waals surface area contributed by atoms with E-state index in [-0.39, 0.29) is 29.9 Å². The molecule has 1 amide bonds. The van der Waals surface area contributed by atoms with Gasteiger partial charge in [0.2, 0.25) is 5.91 Å². The molecule has 0 saturated heterocycles. The summed E-state index contributed by atoms with van der Waals surface area (Å²) < 4.78 is 5.31. The number of hydrogen-bond donors (Lipinski definition) is 3. The van der Waals surface area contributed by atoms with E-state index >= 15 is 0 Å². The molecule has 0 spiro atoms. The van der Waals surface area contributed by atoms with Gasteiger partial charge in [-0.1, -0.05) is 13.8 Å². The van der Waals surface area contributed by atoms with Crippen LogP contribution in [0.25, 0.3) is 0 Å². The SMILES string of the molecule is CC(=O)NCCCNC(=NCC(C)C)NCCc1ccco1.I. The molecular weight excluding hydrogens is 407 g/mol. The lowest BCUT2D eigenvalue weighted by atomic mass is 10.2. The van der Waals surface area contributed by atoms with Crippen LogP contribution in [-0.2, 0) is 11.2 Å². The van der Waals surface area contributed by atoms with E-state index < -0.39 is 0 Å². The second-order valence-corrected chi connectivity index (χ2v) is 5.60. The first kappa shape index (κ1) is 21.8. The third-order valence-electron chi connectivity index (χ3n) is 2.88. The van der Waals surface area contributed by atoms with E-state index in [2.05, 4.69) is 34.8 Å². The lowest BCUT2D eigenvalue weighted by molar-refractivity contribution is -0.118. The average Bonchev–Trinajstić information content (AvgIpc) is 2.96. The monoisotopic (exact) mass is 436 g/mol. The third-order valence-corrected chi connectivity index (χ3v) is 2.88. The summed E-state index contributed by atoms with van der Waals surface area (Å²) in [5, 5.41) is 9.37. The van der Waals surface area contributed by atoms with Gasteiger partial charge in [-0.05, 0) is 24.5 Å². The van der Waals surface area contributed by atoms with Crippen molar-refractivity contribution in [3.05, 3.63) is 24.2 Å². The number of carbonyl (C=O) groups excluding carboxylic acids is 1. The highest BCUT2D eigenvalue weighted by molar-refractivity contribution is 14.0. The molecular formula is C16H29IN4O2. The van der Waals surface area contributed by atoms with Crippen molar-refractivity contribution in [2.45, 2.75) is 33.6 Å². The molecule has 0 aliphatic heterocycles. The molecule has 1 aromatic rings.